The molecule has 1 aliphatic heterocycles. The first kappa shape index (κ1) is 16.3. The summed E-state index contributed by atoms with van der Waals surface area (Å²) >= 11 is 0. The summed E-state index contributed by atoms with van der Waals surface area (Å²) in [4.78, 5) is 31.0. The maximum absolute atomic E-state index is 12.6. The van der Waals surface area contributed by atoms with Crippen LogP contribution in [0, 0.1) is 20.8 Å². The van der Waals surface area contributed by atoms with E-state index in [1.807, 2.05) is 4.90 Å². The van der Waals surface area contributed by atoms with E-state index in [2.05, 4.69) is 41.9 Å². The number of hydrogen-bond donors (Lipinski definition) is 1. The van der Waals surface area contributed by atoms with Gasteiger partial charge in [0, 0.05) is 49.2 Å². The summed E-state index contributed by atoms with van der Waals surface area (Å²) in [5, 5.41) is 0. The van der Waals surface area contributed by atoms with Gasteiger partial charge in [0.15, 0.2) is 0 Å². The highest BCUT2D eigenvalue weighted by molar-refractivity contribution is 5.94. The van der Waals surface area contributed by atoms with E-state index >= 15 is 0 Å². The molecule has 1 amide bonds. The fraction of sp³-hybridized carbons (Fsp3) is 0.368. The van der Waals surface area contributed by atoms with Crippen LogP contribution >= 0.6 is 0 Å². The fourth-order valence-electron chi connectivity index (χ4n) is 3.22. The number of piperazine rings is 1. The van der Waals surface area contributed by atoms with E-state index in [0.717, 1.165) is 13.1 Å². The van der Waals surface area contributed by atoms with Crippen LogP contribution in [0.3, 0.4) is 0 Å². The quantitative estimate of drug-likeness (QED) is 0.921. The van der Waals surface area contributed by atoms with Gasteiger partial charge in [0.1, 0.15) is 0 Å². The summed E-state index contributed by atoms with van der Waals surface area (Å²) in [6.45, 7) is 8.98. The second-order valence-corrected chi connectivity index (χ2v) is 6.41. The Hall–Kier alpha value is -2.56. The lowest BCUT2D eigenvalue weighted by Gasteiger charge is -2.37. The minimum Gasteiger partial charge on any atom is -0.368 e. The molecule has 0 radical (unpaired) electrons. The zero-order valence-electron chi connectivity index (χ0n) is 14.4. The van der Waals surface area contributed by atoms with Gasteiger partial charge in [0.2, 0.25) is 5.56 Å². The minimum atomic E-state index is -0.229. The summed E-state index contributed by atoms with van der Waals surface area (Å²) in [5.41, 5.74) is 4.77. The van der Waals surface area contributed by atoms with Crippen molar-refractivity contribution in [1.29, 1.82) is 0 Å². The number of nitrogens with one attached hydrogen (secondary N) is 1. The molecule has 1 aromatic carbocycles. The summed E-state index contributed by atoms with van der Waals surface area (Å²) in [5.74, 6) is -0.0650. The third-order valence-corrected chi connectivity index (χ3v) is 4.71. The number of aryl methyl sites for hydroxylation is 2. The molecule has 3 rings (SSSR count). The van der Waals surface area contributed by atoms with Crippen molar-refractivity contribution in [2.45, 2.75) is 20.8 Å². The molecule has 0 atom stereocenters. The molecule has 1 fully saturated rings. The molecule has 0 aliphatic carbocycles. The first-order valence-electron chi connectivity index (χ1n) is 8.27. The number of amides is 1. The van der Waals surface area contributed by atoms with Crippen LogP contribution in [0.25, 0.3) is 0 Å². The van der Waals surface area contributed by atoms with Crippen molar-refractivity contribution in [3.05, 3.63) is 63.1 Å². The van der Waals surface area contributed by atoms with Gasteiger partial charge in [-0.1, -0.05) is 12.1 Å². The normalized spacial score (nSPS) is 14.8. The zero-order chi connectivity index (χ0) is 17.3. The van der Waals surface area contributed by atoms with Crippen molar-refractivity contribution in [2.24, 2.45) is 0 Å². The maximum atomic E-state index is 12.6. The van der Waals surface area contributed by atoms with Gasteiger partial charge in [0.05, 0.1) is 0 Å². The smallest absolute Gasteiger partial charge is 0.254 e. The third-order valence-electron chi connectivity index (χ3n) is 4.71. The molecular weight excluding hydrogens is 302 g/mol. The van der Waals surface area contributed by atoms with Crippen molar-refractivity contribution >= 4 is 11.6 Å². The molecule has 5 heteroatoms. The Morgan fingerprint density at radius 3 is 2.42 bits per heavy atom. The first-order chi connectivity index (χ1) is 11.5. The molecular formula is C19H23N3O2. The van der Waals surface area contributed by atoms with Gasteiger partial charge in [-0.3, -0.25) is 9.59 Å². The predicted molar refractivity (Wildman–Crippen MR) is 95.8 cm³/mol. The van der Waals surface area contributed by atoms with Crippen molar-refractivity contribution < 1.29 is 4.79 Å². The number of rotatable bonds is 2. The Kier molecular flexibility index (Phi) is 4.42. The van der Waals surface area contributed by atoms with E-state index < -0.39 is 0 Å². The van der Waals surface area contributed by atoms with Crippen LogP contribution in [0.15, 0.2) is 35.1 Å². The highest BCUT2D eigenvalue weighted by atomic mass is 16.2. The highest BCUT2D eigenvalue weighted by Crippen LogP contribution is 2.24. The van der Waals surface area contributed by atoms with E-state index in [1.165, 1.54) is 22.9 Å². The van der Waals surface area contributed by atoms with Gasteiger partial charge in [-0.05, 0) is 44.0 Å². The van der Waals surface area contributed by atoms with Gasteiger partial charge in [-0.25, -0.2) is 0 Å². The molecule has 1 aromatic heterocycles. The standard InChI is InChI=1S/C19H23N3O2/c1-13-5-4-6-17(15(13)3)21-7-9-22(10-8-21)19(24)16-11-14(2)20-18(23)12-16/h4-6,11-12H,7-10H2,1-3H3,(H,20,23). The molecule has 24 heavy (non-hydrogen) atoms. The van der Waals surface area contributed by atoms with Crippen LogP contribution in [0.5, 0.6) is 0 Å². The van der Waals surface area contributed by atoms with E-state index in [9.17, 15) is 9.59 Å². The van der Waals surface area contributed by atoms with Gasteiger partial charge in [-0.15, -0.1) is 0 Å². The van der Waals surface area contributed by atoms with Crippen molar-refractivity contribution in [2.75, 3.05) is 31.1 Å². The SMILES string of the molecule is Cc1cc(C(=O)N2CCN(c3cccc(C)c3C)CC2)cc(=O)[nH]1. The van der Waals surface area contributed by atoms with Crippen LogP contribution < -0.4 is 10.5 Å². The number of anilines is 1. The topological polar surface area (TPSA) is 56.4 Å². The maximum Gasteiger partial charge on any atom is 0.254 e. The average Bonchev–Trinajstić information content (AvgIpc) is 2.56. The fourth-order valence-corrected chi connectivity index (χ4v) is 3.22. The molecule has 1 saturated heterocycles. The highest BCUT2D eigenvalue weighted by Gasteiger charge is 2.23. The third kappa shape index (κ3) is 3.20. The Balaban J connectivity index is 1.72. The number of H-pyrrole nitrogens is 1. The number of benzene rings is 1. The molecule has 0 bridgehead atoms. The Labute approximate surface area is 141 Å². The summed E-state index contributed by atoms with van der Waals surface area (Å²) < 4.78 is 0. The van der Waals surface area contributed by atoms with Gasteiger partial charge in [0.25, 0.3) is 5.91 Å². The lowest BCUT2D eigenvalue weighted by Crippen LogP contribution is -2.49. The lowest BCUT2D eigenvalue weighted by molar-refractivity contribution is 0.0746. The zero-order valence-corrected chi connectivity index (χ0v) is 14.4. The van der Waals surface area contributed by atoms with Crippen LogP contribution in [0.1, 0.15) is 27.2 Å². The first-order valence-corrected chi connectivity index (χ1v) is 8.27. The van der Waals surface area contributed by atoms with E-state index in [1.54, 1.807) is 13.0 Å². The molecule has 1 aliphatic rings. The molecule has 1 N–H and O–H groups in total. The van der Waals surface area contributed by atoms with Crippen LogP contribution in [0.2, 0.25) is 0 Å². The second kappa shape index (κ2) is 6.51. The minimum absolute atomic E-state index is 0.0650. The number of aromatic amines is 1. The molecule has 126 valence electrons. The monoisotopic (exact) mass is 325 g/mol. The molecule has 5 nitrogen and oxygen atoms in total. The number of hydrogen-bond acceptors (Lipinski definition) is 3. The molecule has 0 unspecified atom stereocenters. The van der Waals surface area contributed by atoms with Crippen LogP contribution in [-0.4, -0.2) is 42.0 Å². The molecule has 0 spiro atoms. The number of aromatic nitrogens is 1. The molecule has 2 aromatic rings. The molecule has 2 heterocycles. The van der Waals surface area contributed by atoms with Crippen LogP contribution in [0.4, 0.5) is 5.69 Å². The number of carbonyl (C=O) groups is 1. The lowest BCUT2D eigenvalue weighted by atomic mass is 10.1. The van der Waals surface area contributed by atoms with Crippen molar-refractivity contribution in [3.63, 3.8) is 0 Å². The van der Waals surface area contributed by atoms with E-state index in [0.29, 0.717) is 24.3 Å². The summed E-state index contributed by atoms with van der Waals surface area (Å²) in [6.07, 6.45) is 0. The van der Waals surface area contributed by atoms with Gasteiger partial charge < -0.3 is 14.8 Å². The van der Waals surface area contributed by atoms with Crippen molar-refractivity contribution in [3.8, 4) is 0 Å². The number of pyridine rings is 1. The Morgan fingerprint density at radius 1 is 1.04 bits per heavy atom. The van der Waals surface area contributed by atoms with Crippen molar-refractivity contribution in [1.82, 2.24) is 9.88 Å². The second-order valence-electron chi connectivity index (χ2n) is 6.41. The summed E-state index contributed by atoms with van der Waals surface area (Å²) in [7, 11) is 0. The van der Waals surface area contributed by atoms with Crippen LogP contribution in [-0.2, 0) is 0 Å². The molecule has 0 saturated carbocycles. The van der Waals surface area contributed by atoms with Gasteiger partial charge in [-0.2, -0.15) is 0 Å². The van der Waals surface area contributed by atoms with Gasteiger partial charge >= 0.3 is 0 Å². The Morgan fingerprint density at radius 2 is 1.75 bits per heavy atom. The van der Waals surface area contributed by atoms with E-state index in [4.69, 9.17) is 0 Å². The summed E-state index contributed by atoms with van der Waals surface area (Å²) in [6, 6.07) is 9.45. The average molecular weight is 325 g/mol. The Bertz CT molecular complexity index is 818. The largest absolute Gasteiger partial charge is 0.368 e. The van der Waals surface area contributed by atoms with E-state index in [-0.39, 0.29) is 11.5 Å². The predicted octanol–water partition coefficient (Wildman–Crippen LogP) is 2.26. The number of carbonyl (C=O) groups excluding carboxylic acids is 1. The number of nitrogens with zero attached hydrogens (tertiary/aromatic N) is 2.